The van der Waals surface area contributed by atoms with Crippen LogP contribution >= 0.6 is 11.8 Å². The molecular formula is C18H24N4O4S. The zero-order valence-corrected chi connectivity index (χ0v) is 16.9. The number of nitrogens with zero attached hydrogens (tertiary/aromatic N) is 3. The van der Waals surface area contributed by atoms with E-state index in [1.54, 1.807) is 31.4 Å². The fraction of sp³-hybridized carbons (Fsp3) is 0.444. The van der Waals surface area contributed by atoms with Gasteiger partial charge in [0.05, 0.1) is 5.39 Å². The number of carboxylic acid groups (broad SMARTS) is 1. The van der Waals surface area contributed by atoms with Crippen LogP contribution in [0, 0.1) is 5.41 Å². The van der Waals surface area contributed by atoms with Crippen LogP contribution in [0.5, 0.6) is 0 Å². The van der Waals surface area contributed by atoms with Crippen molar-refractivity contribution in [2.45, 2.75) is 25.7 Å². The van der Waals surface area contributed by atoms with E-state index >= 15 is 0 Å². The molecule has 0 saturated heterocycles. The Labute approximate surface area is 161 Å². The zero-order valence-electron chi connectivity index (χ0n) is 16.1. The zero-order chi connectivity index (χ0) is 20.4. The van der Waals surface area contributed by atoms with Crippen LogP contribution in [-0.4, -0.2) is 53.0 Å². The molecule has 1 amide bonds. The van der Waals surface area contributed by atoms with Crippen molar-refractivity contribution in [3.63, 3.8) is 0 Å². The Kier molecular flexibility index (Phi) is 6.15. The van der Waals surface area contributed by atoms with Gasteiger partial charge < -0.3 is 15.4 Å². The molecule has 0 aliphatic carbocycles. The number of carbonyl (C=O) groups excluding carboxylic acids is 1. The molecule has 0 fully saturated rings. The lowest BCUT2D eigenvalue weighted by Crippen LogP contribution is -2.36. The highest BCUT2D eigenvalue weighted by atomic mass is 32.2. The molecule has 146 valence electrons. The minimum absolute atomic E-state index is 0.0281. The quantitative estimate of drug-likeness (QED) is 0.568. The molecule has 0 atom stereocenters. The predicted molar refractivity (Wildman–Crippen MR) is 106 cm³/mol. The fourth-order valence-corrected chi connectivity index (χ4v) is 3.08. The van der Waals surface area contributed by atoms with Crippen LogP contribution in [0.2, 0.25) is 0 Å². The molecule has 27 heavy (non-hydrogen) atoms. The fourth-order valence-electron chi connectivity index (χ4n) is 2.31. The molecule has 0 unspecified atom stereocenters. The number of amides is 1. The summed E-state index contributed by atoms with van der Waals surface area (Å²) in [4.78, 5) is 40.8. The minimum atomic E-state index is -1.28. The van der Waals surface area contributed by atoms with E-state index in [0.29, 0.717) is 17.9 Å². The summed E-state index contributed by atoms with van der Waals surface area (Å²) in [5.41, 5.74) is -0.927. The molecule has 2 heterocycles. The maximum Gasteiger partial charge on any atom is 0.341 e. The van der Waals surface area contributed by atoms with E-state index in [-0.39, 0.29) is 16.9 Å². The molecule has 2 rings (SSSR count). The number of rotatable bonds is 6. The summed E-state index contributed by atoms with van der Waals surface area (Å²) in [5, 5.41) is 14.0. The second kappa shape index (κ2) is 7.99. The smallest absolute Gasteiger partial charge is 0.341 e. The average Bonchev–Trinajstić information content (AvgIpc) is 2.57. The SMILES string of the molecule is CN(C)n1cc(C(=O)O)c(=O)c2cc(SCCNC(=O)C(C)(C)C)cnc21. The summed E-state index contributed by atoms with van der Waals surface area (Å²) < 4.78 is 1.53. The highest BCUT2D eigenvalue weighted by molar-refractivity contribution is 7.99. The molecular weight excluding hydrogens is 368 g/mol. The standard InChI is InChI=1S/C18H24N4O4S/c1-18(2,3)17(26)19-6-7-27-11-8-12-14(23)13(16(24)25)10-22(21(4)5)15(12)20-9-11/h8-10H,6-7H2,1-5H3,(H,19,26)(H,24,25). The number of hydrogen-bond donors (Lipinski definition) is 2. The van der Waals surface area contributed by atoms with Crippen LogP contribution in [0.15, 0.2) is 28.2 Å². The Morgan fingerprint density at radius 1 is 1.33 bits per heavy atom. The number of fused-ring (bicyclic) bond motifs is 1. The van der Waals surface area contributed by atoms with Crippen LogP contribution in [0.4, 0.5) is 0 Å². The third-order valence-corrected chi connectivity index (χ3v) is 4.76. The first-order chi connectivity index (χ1) is 12.5. The maximum atomic E-state index is 12.5. The second-order valence-corrected chi connectivity index (χ2v) is 8.43. The van der Waals surface area contributed by atoms with Gasteiger partial charge in [-0.25, -0.2) is 14.5 Å². The Hall–Kier alpha value is -2.55. The molecule has 0 saturated carbocycles. The van der Waals surface area contributed by atoms with Crippen molar-refractivity contribution in [1.82, 2.24) is 15.0 Å². The van der Waals surface area contributed by atoms with Crippen molar-refractivity contribution in [3.05, 3.63) is 34.2 Å². The molecule has 2 aromatic heterocycles. The molecule has 9 heteroatoms. The van der Waals surface area contributed by atoms with E-state index in [2.05, 4.69) is 10.3 Å². The van der Waals surface area contributed by atoms with Crippen LogP contribution in [-0.2, 0) is 4.79 Å². The topological polar surface area (TPSA) is 105 Å². The van der Waals surface area contributed by atoms with Crippen LogP contribution in [0.3, 0.4) is 0 Å². The number of aromatic nitrogens is 2. The highest BCUT2D eigenvalue weighted by Gasteiger charge is 2.20. The van der Waals surface area contributed by atoms with Crippen LogP contribution < -0.4 is 15.8 Å². The highest BCUT2D eigenvalue weighted by Crippen LogP contribution is 2.20. The molecule has 2 aromatic rings. The molecule has 0 radical (unpaired) electrons. The summed E-state index contributed by atoms with van der Waals surface area (Å²) in [6.07, 6.45) is 2.91. The van der Waals surface area contributed by atoms with E-state index in [0.717, 1.165) is 4.90 Å². The van der Waals surface area contributed by atoms with Crippen LogP contribution in [0.25, 0.3) is 11.0 Å². The number of aromatic carboxylic acids is 1. The number of carboxylic acids is 1. The minimum Gasteiger partial charge on any atom is -0.477 e. The van der Waals surface area contributed by atoms with Crippen molar-refractivity contribution >= 4 is 34.7 Å². The van der Waals surface area contributed by atoms with E-state index in [1.807, 2.05) is 20.8 Å². The van der Waals surface area contributed by atoms with Crippen molar-refractivity contribution in [2.75, 3.05) is 31.4 Å². The summed E-state index contributed by atoms with van der Waals surface area (Å²) in [6.45, 7) is 6.02. The number of carbonyl (C=O) groups is 2. The first-order valence-corrected chi connectivity index (χ1v) is 9.38. The Morgan fingerprint density at radius 3 is 2.56 bits per heavy atom. The van der Waals surface area contributed by atoms with Crippen molar-refractivity contribution < 1.29 is 14.7 Å². The van der Waals surface area contributed by atoms with Gasteiger partial charge in [0.2, 0.25) is 11.3 Å². The van der Waals surface area contributed by atoms with E-state index in [9.17, 15) is 19.5 Å². The summed E-state index contributed by atoms with van der Waals surface area (Å²) in [7, 11) is 3.47. The summed E-state index contributed by atoms with van der Waals surface area (Å²) in [6, 6.07) is 1.65. The first kappa shape index (κ1) is 20.8. The van der Waals surface area contributed by atoms with Gasteiger partial charge in [0.1, 0.15) is 5.56 Å². The first-order valence-electron chi connectivity index (χ1n) is 8.40. The van der Waals surface area contributed by atoms with Gasteiger partial charge in [-0.1, -0.05) is 20.8 Å². The van der Waals surface area contributed by atoms with E-state index in [4.69, 9.17) is 0 Å². The van der Waals surface area contributed by atoms with Gasteiger partial charge >= 0.3 is 5.97 Å². The Bertz CT molecular complexity index is 931. The number of pyridine rings is 2. The Balaban J connectivity index is 2.26. The molecule has 0 aliphatic rings. The molecule has 0 aliphatic heterocycles. The van der Waals surface area contributed by atoms with Crippen molar-refractivity contribution in [2.24, 2.45) is 5.41 Å². The molecule has 0 spiro atoms. The maximum absolute atomic E-state index is 12.5. The predicted octanol–water partition coefficient (Wildman–Crippen LogP) is 1.55. The third-order valence-electron chi connectivity index (χ3n) is 3.80. The molecule has 0 bridgehead atoms. The van der Waals surface area contributed by atoms with Crippen molar-refractivity contribution in [1.29, 1.82) is 0 Å². The molecule has 0 aromatic carbocycles. The van der Waals surface area contributed by atoms with Gasteiger partial charge in [0, 0.05) is 49.1 Å². The number of thioether (sulfide) groups is 1. The Morgan fingerprint density at radius 2 is 2.00 bits per heavy atom. The van der Waals surface area contributed by atoms with Gasteiger partial charge in [-0.05, 0) is 6.07 Å². The third kappa shape index (κ3) is 4.79. The van der Waals surface area contributed by atoms with Crippen molar-refractivity contribution in [3.8, 4) is 0 Å². The normalized spacial score (nSPS) is 11.4. The lowest BCUT2D eigenvalue weighted by molar-refractivity contribution is -0.128. The van der Waals surface area contributed by atoms with Gasteiger partial charge in [-0.15, -0.1) is 11.8 Å². The monoisotopic (exact) mass is 392 g/mol. The lowest BCUT2D eigenvalue weighted by Gasteiger charge is -2.19. The van der Waals surface area contributed by atoms with Gasteiger partial charge in [0.25, 0.3) is 0 Å². The second-order valence-electron chi connectivity index (χ2n) is 7.27. The number of nitrogens with one attached hydrogen (secondary N) is 1. The largest absolute Gasteiger partial charge is 0.477 e. The van der Waals surface area contributed by atoms with Crippen LogP contribution in [0.1, 0.15) is 31.1 Å². The average molecular weight is 392 g/mol. The van der Waals surface area contributed by atoms with E-state index < -0.39 is 16.8 Å². The molecule has 8 nitrogen and oxygen atoms in total. The summed E-state index contributed by atoms with van der Waals surface area (Å²) in [5.74, 6) is -0.699. The van der Waals surface area contributed by atoms with Gasteiger partial charge in [-0.2, -0.15) is 0 Å². The van der Waals surface area contributed by atoms with E-state index in [1.165, 1.54) is 22.6 Å². The van der Waals surface area contributed by atoms with Gasteiger partial charge in [-0.3, -0.25) is 9.59 Å². The number of hydrogen-bond acceptors (Lipinski definition) is 6. The summed E-state index contributed by atoms with van der Waals surface area (Å²) >= 11 is 1.44. The lowest BCUT2D eigenvalue weighted by atomic mass is 9.96. The van der Waals surface area contributed by atoms with Gasteiger partial charge in [0.15, 0.2) is 5.65 Å². The molecule has 2 N–H and O–H groups in total.